The molecule has 1 amide bonds. The summed E-state index contributed by atoms with van der Waals surface area (Å²) in [5.74, 6) is -0.718. The van der Waals surface area contributed by atoms with Crippen molar-refractivity contribution in [2.75, 3.05) is 5.32 Å². The van der Waals surface area contributed by atoms with E-state index in [1.54, 1.807) is 0 Å². The number of amides is 1. The van der Waals surface area contributed by atoms with Crippen LogP contribution >= 0.6 is 34.8 Å². The summed E-state index contributed by atoms with van der Waals surface area (Å²) in [5.41, 5.74) is -0.0618. The molecule has 0 spiro atoms. The molecule has 0 aliphatic heterocycles. The van der Waals surface area contributed by atoms with Crippen molar-refractivity contribution in [2.45, 2.75) is 9.96 Å². The van der Waals surface area contributed by atoms with Gasteiger partial charge in [0.2, 0.25) is 3.79 Å². The molecule has 1 unspecified atom stereocenters. The van der Waals surface area contributed by atoms with Crippen LogP contribution in [0, 0.1) is 20.2 Å². The third-order valence-electron chi connectivity index (χ3n) is 3.31. The predicted octanol–water partition coefficient (Wildman–Crippen LogP) is 4.04. The molecule has 0 bridgehead atoms. The van der Waals surface area contributed by atoms with Crippen molar-refractivity contribution in [3.8, 4) is 0 Å². The van der Waals surface area contributed by atoms with Crippen molar-refractivity contribution in [3.05, 3.63) is 74.3 Å². The number of alkyl halides is 3. The van der Waals surface area contributed by atoms with Gasteiger partial charge in [0, 0.05) is 35.5 Å². The second kappa shape index (κ2) is 8.38. The van der Waals surface area contributed by atoms with Crippen LogP contribution in [0.3, 0.4) is 0 Å². The molecule has 0 radical (unpaired) electrons. The summed E-state index contributed by atoms with van der Waals surface area (Å²) in [4.78, 5) is 32.7. The molecule has 2 N–H and O–H groups in total. The number of nitro groups is 2. The van der Waals surface area contributed by atoms with Gasteiger partial charge in [-0.1, -0.05) is 40.9 Å². The number of carbonyl (C=O) groups excluding carboxylic acids is 1. The Morgan fingerprint density at radius 1 is 0.963 bits per heavy atom. The molecular weight excluding hydrogens is 423 g/mol. The monoisotopic (exact) mass is 432 g/mol. The van der Waals surface area contributed by atoms with E-state index in [9.17, 15) is 25.0 Å². The summed E-state index contributed by atoms with van der Waals surface area (Å²) < 4.78 is -1.99. The van der Waals surface area contributed by atoms with Crippen LogP contribution in [0.4, 0.5) is 17.1 Å². The van der Waals surface area contributed by atoms with Crippen molar-refractivity contribution in [3.63, 3.8) is 0 Å². The molecule has 9 nitrogen and oxygen atoms in total. The minimum Gasteiger partial charge on any atom is -0.362 e. The Labute approximate surface area is 167 Å². The van der Waals surface area contributed by atoms with Crippen molar-refractivity contribution in [2.24, 2.45) is 0 Å². The lowest BCUT2D eigenvalue weighted by molar-refractivity contribution is -0.385. The maximum absolute atomic E-state index is 12.4. The highest BCUT2D eigenvalue weighted by atomic mass is 35.6. The third kappa shape index (κ3) is 5.68. The highest BCUT2D eigenvalue weighted by Gasteiger charge is 2.34. The van der Waals surface area contributed by atoms with Crippen LogP contribution in [-0.2, 0) is 0 Å². The van der Waals surface area contributed by atoms with Gasteiger partial charge >= 0.3 is 0 Å². The van der Waals surface area contributed by atoms with Gasteiger partial charge in [0.1, 0.15) is 6.17 Å². The molecule has 12 heteroatoms. The molecule has 0 saturated heterocycles. The molecule has 0 saturated carbocycles. The van der Waals surface area contributed by atoms with E-state index < -0.39 is 25.7 Å². The van der Waals surface area contributed by atoms with Gasteiger partial charge in [0.05, 0.1) is 9.85 Å². The van der Waals surface area contributed by atoms with E-state index in [-0.39, 0.29) is 16.9 Å². The second-order valence-electron chi connectivity index (χ2n) is 5.20. The average Bonchev–Trinajstić information content (AvgIpc) is 2.60. The molecule has 0 aromatic heterocycles. The van der Waals surface area contributed by atoms with E-state index in [1.807, 2.05) is 0 Å². The highest BCUT2D eigenvalue weighted by Crippen LogP contribution is 2.31. The van der Waals surface area contributed by atoms with E-state index in [2.05, 4.69) is 10.6 Å². The summed E-state index contributed by atoms with van der Waals surface area (Å²) >= 11 is 17.6. The van der Waals surface area contributed by atoms with Crippen molar-refractivity contribution in [1.29, 1.82) is 0 Å². The van der Waals surface area contributed by atoms with Gasteiger partial charge in [-0.05, 0) is 18.2 Å². The second-order valence-corrected chi connectivity index (χ2v) is 7.57. The number of nitro benzene ring substituents is 2. The molecule has 0 heterocycles. The van der Waals surface area contributed by atoms with Crippen LogP contribution in [0.2, 0.25) is 0 Å². The quantitative estimate of drug-likeness (QED) is 0.306. The zero-order chi connectivity index (χ0) is 20.2. The Balaban J connectivity index is 2.19. The van der Waals surface area contributed by atoms with Gasteiger partial charge in [0.25, 0.3) is 17.3 Å². The minimum atomic E-state index is -1.99. The molecule has 1 atom stereocenters. The topological polar surface area (TPSA) is 127 Å². The van der Waals surface area contributed by atoms with Crippen LogP contribution in [0.1, 0.15) is 10.4 Å². The zero-order valence-electron chi connectivity index (χ0n) is 13.3. The van der Waals surface area contributed by atoms with Crippen molar-refractivity contribution < 1.29 is 14.6 Å². The lowest BCUT2D eigenvalue weighted by Crippen LogP contribution is -2.49. The van der Waals surface area contributed by atoms with E-state index >= 15 is 0 Å². The first-order chi connectivity index (χ1) is 12.6. The van der Waals surface area contributed by atoms with Crippen LogP contribution in [0.5, 0.6) is 0 Å². The Bertz CT molecular complexity index is 871. The average molecular weight is 434 g/mol. The van der Waals surface area contributed by atoms with Crippen LogP contribution in [0.15, 0.2) is 48.5 Å². The summed E-state index contributed by atoms with van der Waals surface area (Å²) in [5, 5.41) is 26.7. The summed E-state index contributed by atoms with van der Waals surface area (Å²) in [6.45, 7) is 0. The van der Waals surface area contributed by atoms with Crippen molar-refractivity contribution >= 4 is 57.8 Å². The number of hydrogen-bond acceptors (Lipinski definition) is 6. The number of rotatable bonds is 6. The summed E-state index contributed by atoms with van der Waals surface area (Å²) in [6.07, 6.45) is -1.23. The zero-order valence-corrected chi connectivity index (χ0v) is 15.5. The minimum absolute atomic E-state index is 0.00560. The predicted molar refractivity (Wildman–Crippen MR) is 101 cm³/mol. The molecule has 0 aliphatic rings. The van der Waals surface area contributed by atoms with E-state index in [1.165, 1.54) is 42.5 Å². The van der Waals surface area contributed by atoms with Crippen LogP contribution < -0.4 is 10.6 Å². The van der Waals surface area contributed by atoms with Gasteiger partial charge in [-0.2, -0.15) is 0 Å². The fourth-order valence-electron chi connectivity index (χ4n) is 2.02. The molecule has 2 rings (SSSR count). The number of nitrogens with zero attached hydrogens (tertiary/aromatic N) is 2. The number of hydrogen-bond donors (Lipinski definition) is 2. The van der Waals surface area contributed by atoms with E-state index in [0.717, 1.165) is 6.07 Å². The van der Waals surface area contributed by atoms with Crippen LogP contribution in [-0.4, -0.2) is 25.7 Å². The Morgan fingerprint density at radius 2 is 1.56 bits per heavy atom. The molecule has 27 heavy (non-hydrogen) atoms. The molecule has 142 valence electrons. The molecule has 0 aliphatic carbocycles. The lowest BCUT2D eigenvalue weighted by atomic mass is 10.2. The number of non-ortho nitro benzene ring substituents is 2. The largest absolute Gasteiger partial charge is 0.362 e. The van der Waals surface area contributed by atoms with Gasteiger partial charge in [-0.3, -0.25) is 25.0 Å². The Hall–Kier alpha value is -2.62. The van der Waals surface area contributed by atoms with Gasteiger partial charge in [-0.15, -0.1) is 0 Å². The molecule has 0 fully saturated rings. The summed E-state index contributed by atoms with van der Waals surface area (Å²) in [6, 6.07) is 10.3. The Kier molecular flexibility index (Phi) is 6.42. The number of halogens is 3. The first-order valence-electron chi connectivity index (χ1n) is 7.21. The lowest BCUT2D eigenvalue weighted by Gasteiger charge is -2.27. The number of anilines is 1. The fraction of sp³-hybridized carbons (Fsp3) is 0.133. The van der Waals surface area contributed by atoms with Crippen molar-refractivity contribution in [1.82, 2.24) is 5.32 Å². The Morgan fingerprint density at radius 3 is 2.07 bits per heavy atom. The first-order valence-corrected chi connectivity index (χ1v) is 8.34. The maximum atomic E-state index is 12.4. The van der Waals surface area contributed by atoms with Crippen LogP contribution in [0.25, 0.3) is 0 Å². The third-order valence-corrected chi connectivity index (χ3v) is 3.97. The molecule has 2 aromatic carbocycles. The number of nitrogens with one attached hydrogen (secondary N) is 2. The van der Waals surface area contributed by atoms with Gasteiger partial charge in [0.15, 0.2) is 0 Å². The SMILES string of the molecule is O=C(NC(Nc1ccc([N+](=O)[O-])cc1)C(Cl)(Cl)Cl)c1cccc([N+](=O)[O-])c1. The van der Waals surface area contributed by atoms with Gasteiger partial charge in [-0.25, -0.2) is 0 Å². The van der Waals surface area contributed by atoms with E-state index in [0.29, 0.717) is 5.69 Å². The maximum Gasteiger partial charge on any atom is 0.270 e. The number of benzene rings is 2. The van der Waals surface area contributed by atoms with Gasteiger partial charge < -0.3 is 10.6 Å². The fourth-order valence-corrected chi connectivity index (χ4v) is 2.35. The number of carbonyl (C=O) groups is 1. The normalized spacial score (nSPS) is 12.1. The standard InChI is InChI=1S/C15H11Cl3N4O5/c16-15(17,18)14(19-10-4-6-11(7-5-10)21(24)25)20-13(23)9-2-1-3-12(8-9)22(26)27/h1-8,14,19H,(H,20,23). The summed E-state index contributed by atoms with van der Waals surface area (Å²) in [7, 11) is 0. The smallest absolute Gasteiger partial charge is 0.270 e. The van der Waals surface area contributed by atoms with E-state index in [4.69, 9.17) is 34.8 Å². The first kappa shape index (κ1) is 20.7. The molecule has 2 aromatic rings. The highest BCUT2D eigenvalue weighted by molar-refractivity contribution is 6.68. The molecular formula is C15H11Cl3N4O5.